The Labute approximate surface area is 148 Å². The second kappa shape index (κ2) is 4.87. The lowest BCUT2D eigenvalue weighted by Crippen LogP contribution is -2.51. The average molecular weight is 348 g/mol. The second-order valence-electron chi connectivity index (χ2n) is 9.63. The molecule has 2 bridgehead atoms. The van der Waals surface area contributed by atoms with Gasteiger partial charge in [-0.2, -0.15) is 0 Å². The Balaban J connectivity index is 1.96. The van der Waals surface area contributed by atoms with Crippen LogP contribution in [0, 0.1) is 39.9 Å². The Morgan fingerprint density at radius 1 is 1.16 bits per heavy atom. The van der Waals surface area contributed by atoms with Crippen molar-refractivity contribution in [3.8, 4) is 0 Å². The molecule has 8 atom stereocenters. The lowest BCUT2D eigenvalue weighted by molar-refractivity contribution is -0.166. The Hall–Kier alpha value is -1.36. The van der Waals surface area contributed by atoms with Crippen LogP contribution in [0.2, 0.25) is 0 Å². The average Bonchev–Trinajstić information content (AvgIpc) is 2.88. The van der Waals surface area contributed by atoms with Gasteiger partial charge in [-0.1, -0.05) is 25.5 Å². The molecule has 0 saturated heterocycles. The van der Waals surface area contributed by atoms with Gasteiger partial charge in [0, 0.05) is 0 Å². The van der Waals surface area contributed by atoms with Crippen LogP contribution in [-0.2, 0) is 9.59 Å². The van der Waals surface area contributed by atoms with Gasteiger partial charge in [-0.3, -0.25) is 9.59 Å². The fraction of sp³-hybridized carbons (Fsp3) is 0.800. The zero-order chi connectivity index (χ0) is 18.4. The van der Waals surface area contributed by atoms with Crippen molar-refractivity contribution in [2.24, 2.45) is 39.9 Å². The zero-order valence-electron chi connectivity index (χ0n) is 15.0. The van der Waals surface area contributed by atoms with Crippen molar-refractivity contribution < 1.29 is 24.9 Å². The molecule has 4 aliphatic rings. The third-order valence-corrected chi connectivity index (χ3v) is 8.52. The third kappa shape index (κ3) is 1.83. The lowest BCUT2D eigenvalue weighted by Gasteiger charge is -2.51. The van der Waals surface area contributed by atoms with Crippen LogP contribution in [0.3, 0.4) is 0 Å². The number of hydrogen-bond donors (Lipinski definition) is 3. The Morgan fingerprint density at radius 2 is 1.84 bits per heavy atom. The van der Waals surface area contributed by atoms with E-state index in [1.54, 1.807) is 6.92 Å². The minimum atomic E-state index is -1.05. The molecule has 138 valence electrons. The number of aliphatic hydroxyl groups excluding tert-OH is 1. The molecule has 5 heteroatoms. The first kappa shape index (κ1) is 17.1. The Morgan fingerprint density at radius 3 is 2.44 bits per heavy atom. The van der Waals surface area contributed by atoms with E-state index in [1.165, 1.54) is 0 Å². The van der Waals surface area contributed by atoms with Gasteiger partial charge < -0.3 is 15.3 Å². The molecule has 0 aromatic rings. The smallest absolute Gasteiger partial charge is 0.309 e. The van der Waals surface area contributed by atoms with E-state index in [9.17, 15) is 24.9 Å². The number of fused-ring (bicyclic) bond motifs is 3. The van der Waals surface area contributed by atoms with Gasteiger partial charge in [-0.25, -0.2) is 0 Å². The van der Waals surface area contributed by atoms with Crippen LogP contribution in [0.4, 0.5) is 0 Å². The fourth-order valence-electron chi connectivity index (χ4n) is 8.00. The molecule has 0 amide bonds. The monoisotopic (exact) mass is 348 g/mol. The van der Waals surface area contributed by atoms with Gasteiger partial charge in [0.25, 0.3) is 0 Å². The van der Waals surface area contributed by atoms with E-state index in [0.717, 1.165) is 24.8 Å². The largest absolute Gasteiger partial charge is 0.481 e. The number of carboxylic acid groups (broad SMARTS) is 2. The van der Waals surface area contributed by atoms with Crippen molar-refractivity contribution in [1.82, 2.24) is 0 Å². The summed E-state index contributed by atoms with van der Waals surface area (Å²) < 4.78 is 0. The number of allylic oxidation sites excluding steroid dienone is 1. The summed E-state index contributed by atoms with van der Waals surface area (Å²) >= 11 is 0. The molecule has 3 N–H and O–H groups in total. The summed E-state index contributed by atoms with van der Waals surface area (Å²) in [7, 11) is 0. The summed E-state index contributed by atoms with van der Waals surface area (Å²) in [5, 5.41) is 31.2. The van der Waals surface area contributed by atoms with E-state index in [0.29, 0.717) is 19.3 Å². The van der Waals surface area contributed by atoms with Crippen LogP contribution in [0.5, 0.6) is 0 Å². The molecule has 4 rings (SSSR count). The summed E-state index contributed by atoms with van der Waals surface area (Å²) in [5.41, 5.74) is -0.997. The van der Waals surface area contributed by atoms with Gasteiger partial charge in [0.1, 0.15) is 0 Å². The first-order valence-corrected chi connectivity index (χ1v) is 9.40. The molecule has 1 spiro atoms. The van der Waals surface area contributed by atoms with Crippen molar-refractivity contribution in [3.05, 3.63) is 12.2 Å². The Bertz CT molecular complexity index is 671. The number of carboxylic acids is 2. The molecule has 0 aromatic heterocycles. The van der Waals surface area contributed by atoms with Crippen molar-refractivity contribution in [2.45, 2.75) is 58.5 Å². The maximum absolute atomic E-state index is 12.5. The normalized spacial score (nSPS) is 54.0. The fourth-order valence-corrected chi connectivity index (χ4v) is 8.00. The van der Waals surface area contributed by atoms with Crippen molar-refractivity contribution in [1.29, 1.82) is 0 Å². The van der Waals surface area contributed by atoms with Crippen molar-refractivity contribution in [3.63, 3.8) is 0 Å². The highest BCUT2D eigenvalue weighted by atomic mass is 16.4. The van der Waals surface area contributed by atoms with Crippen LogP contribution in [0.25, 0.3) is 0 Å². The molecule has 0 aromatic carbocycles. The molecular formula is C20H28O5. The van der Waals surface area contributed by atoms with Crippen LogP contribution in [-0.4, -0.2) is 33.4 Å². The van der Waals surface area contributed by atoms with Gasteiger partial charge in [-0.15, -0.1) is 0 Å². The van der Waals surface area contributed by atoms with Crippen molar-refractivity contribution in [2.75, 3.05) is 0 Å². The first-order valence-electron chi connectivity index (χ1n) is 9.40. The van der Waals surface area contributed by atoms with Crippen LogP contribution in [0.15, 0.2) is 12.2 Å². The lowest BCUT2D eigenvalue weighted by atomic mass is 9.53. The highest BCUT2D eigenvalue weighted by Gasteiger charge is 2.76. The van der Waals surface area contributed by atoms with Crippen LogP contribution >= 0.6 is 0 Å². The Kier molecular flexibility index (Phi) is 3.33. The number of aliphatic carboxylic acids is 2. The van der Waals surface area contributed by atoms with Gasteiger partial charge in [-0.05, 0) is 67.6 Å². The minimum absolute atomic E-state index is 0.152. The van der Waals surface area contributed by atoms with E-state index in [-0.39, 0.29) is 11.8 Å². The zero-order valence-corrected chi connectivity index (χ0v) is 15.0. The molecule has 0 radical (unpaired) electrons. The van der Waals surface area contributed by atoms with Gasteiger partial charge in [0.15, 0.2) is 0 Å². The molecule has 4 fully saturated rings. The summed E-state index contributed by atoms with van der Waals surface area (Å²) in [6.07, 6.45) is 3.52. The van der Waals surface area contributed by atoms with Gasteiger partial charge in [0.05, 0.1) is 17.4 Å². The molecule has 4 saturated carbocycles. The molecular weight excluding hydrogens is 320 g/mol. The van der Waals surface area contributed by atoms with E-state index in [4.69, 9.17) is 0 Å². The number of aliphatic hydroxyl groups is 1. The van der Waals surface area contributed by atoms with Crippen molar-refractivity contribution >= 4 is 11.9 Å². The quantitative estimate of drug-likeness (QED) is 0.667. The molecule has 25 heavy (non-hydrogen) atoms. The van der Waals surface area contributed by atoms with Crippen LogP contribution in [0.1, 0.15) is 52.4 Å². The highest BCUT2D eigenvalue weighted by molar-refractivity contribution is 5.79. The molecule has 4 aliphatic carbocycles. The minimum Gasteiger partial charge on any atom is -0.481 e. The SMILES string of the molecule is C=C1C[C@]23C[C@H]1C[C@H](O)[C@H]2[C@]1(C)CCC[C@@](C)(C(=O)O)[C@H]1[C@@H]3C(=O)O. The maximum atomic E-state index is 12.5. The number of hydrogen-bond acceptors (Lipinski definition) is 3. The number of carbonyl (C=O) groups is 2. The highest BCUT2D eigenvalue weighted by Crippen LogP contribution is 2.77. The molecule has 0 heterocycles. The van der Waals surface area contributed by atoms with Gasteiger partial charge in [0.2, 0.25) is 0 Å². The molecule has 0 aliphatic heterocycles. The summed E-state index contributed by atoms with van der Waals surface area (Å²) in [6, 6.07) is 0. The molecule has 5 nitrogen and oxygen atoms in total. The third-order valence-electron chi connectivity index (χ3n) is 8.52. The standard InChI is InChI=1S/C20H28O5/c1-10-8-20-9-11(10)7-12(21)14(20)18(2)5-4-6-19(3,17(24)25)15(18)13(20)16(22)23/h11-15,21H,1,4-9H2,2-3H3,(H,22,23)(H,24,25)/t11-,12+,13-,14+,15+,18+,19-,20-/m1/s1. The second-order valence-corrected chi connectivity index (χ2v) is 9.63. The van der Waals surface area contributed by atoms with E-state index >= 15 is 0 Å². The van der Waals surface area contributed by atoms with E-state index in [2.05, 4.69) is 13.5 Å². The molecule has 0 unspecified atom stereocenters. The van der Waals surface area contributed by atoms with E-state index in [1.807, 2.05) is 0 Å². The summed E-state index contributed by atoms with van der Waals surface area (Å²) in [4.78, 5) is 24.7. The van der Waals surface area contributed by atoms with Crippen LogP contribution < -0.4 is 0 Å². The number of rotatable bonds is 2. The van der Waals surface area contributed by atoms with E-state index < -0.39 is 46.1 Å². The summed E-state index contributed by atoms with van der Waals surface area (Å²) in [6.45, 7) is 7.96. The summed E-state index contributed by atoms with van der Waals surface area (Å²) in [5.74, 6) is -2.94. The first-order chi connectivity index (χ1) is 11.6. The maximum Gasteiger partial charge on any atom is 0.309 e. The predicted octanol–water partition coefficient (Wildman–Crippen LogP) is 2.93. The van der Waals surface area contributed by atoms with Gasteiger partial charge >= 0.3 is 11.9 Å². The topological polar surface area (TPSA) is 94.8 Å². The predicted molar refractivity (Wildman–Crippen MR) is 90.7 cm³/mol.